The molecule has 3 nitrogen and oxygen atoms in total. The smallest absolute Gasteiger partial charge is 0.124 e. The SMILES string of the molecule is CC(C)(CCCO)CNC1CC(C)(C)Oc2ccccc21. The maximum absolute atomic E-state index is 9.01. The van der Waals surface area contributed by atoms with E-state index in [0.717, 1.165) is 31.6 Å². The first-order valence-corrected chi connectivity index (χ1v) is 7.95. The summed E-state index contributed by atoms with van der Waals surface area (Å²) in [6, 6.07) is 8.65. The van der Waals surface area contributed by atoms with Crippen molar-refractivity contribution in [1.82, 2.24) is 5.32 Å². The van der Waals surface area contributed by atoms with Gasteiger partial charge in [-0.1, -0.05) is 32.0 Å². The molecule has 2 rings (SSSR count). The Morgan fingerprint density at radius 1 is 1.33 bits per heavy atom. The van der Waals surface area contributed by atoms with E-state index in [0.29, 0.717) is 6.04 Å². The summed E-state index contributed by atoms with van der Waals surface area (Å²) in [6.07, 6.45) is 2.87. The molecule has 1 aromatic carbocycles. The number of para-hydroxylation sites is 1. The predicted octanol–water partition coefficient (Wildman–Crippen LogP) is 3.68. The molecule has 21 heavy (non-hydrogen) atoms. The van der Waals surface area contributed by atoms with E-state index < -0.39 is 0 Å². The summed E-state index contributed by atoms with van der Waals surface area (Å²) in [4.78, 5) is 0. The van der Waals surface area contributed by atoms with E-state index in [4.69, 9.17) is 9.84 Å². The molecule has 0 amide bonds. The second kappa shape index (κ2) is 6.37. The van der Waals surface area contributed by atoms with Gasteiger partial charge in [-0.3, -0.25) is 0 Å². The molecule has 0 radical (unpaired) electrons. The number of fused-ring (bicyclic) bond motifs is 1. The molecule has 0 aliphatic carbocycles. The fourth-order valence-electron chi connectivity index (χ4n) is 3.03. The maximum atomic E-state index is 9.01. The van der Waals surface area contributed by atoms with E-state index in [1.54, 1.807) is 0 Å². The summed E-state index contributed by atoms with van der Waals surface area (Å²) < 4.78 is 6.07. The Morgan fingerprint density at radius 2 is 2.05 bits per heavy atom. The van der Waals surface area contributed by atoms with E-state index in [9.17, 15) is 0 Å². The Kier molecular flexibility index (Phi) is 4.95. The first kappa shape index (κ1) is 16.3. The summed E-state index contributed by atoms with van der Waals surface area (Å²) in [5, 5.41) is 12.7. The lowest BCUT2D eigenvalue weighted by atomic mass is 9.85. The van der Waals surface area contributed by atoms with E-state index in [-0.39, 0.29) is 17.6 Å². The fraction of sp³-hybridized carbons (Fsp3) is 0.667. The van der Waals surface area contributed by atoms with Crippen molar-refractivity contribution in [2.45, 2.75) is 58.6 Å². The minimum atomic E-state index is -0.138. The molecule has 0 bridgehead atoms. The average Bonchev–Trinajstić information content (AvgIpc) is 2.41. The van der Waals surface area contributed by atoms with Crippen LogP contribution in [0, 0.1) is 5.41 Å². The van der Waals surface area contributed by atoms with Gasteiger partial charge in [0.2, 0.25) is 0 Å². The summed E-state index contributed by atoms with van der Waals surface area (Å²) in [5.74, 6) is 0.999. The van der Waals surface area contributed by atoms with Crippen LogP contribution in [0.4, 0.5) is 0 Å². The monoisotopic (exact) mass is 291 g/mol. The molecule has 1 aromatic rings. The van der Waals surface area contributed by atoms with Crippen molar-refractivity contribution in [2.75, 3.05) is 13.2 Å². The lowest BCUT2D eigenvalue weighted by Crippen LogP contribution is -2.42. The zero-order chi connectivity index (χ0) is 15.5. The molecule has 2 N–H and O–H groups in total. The zero-order valence-electron chi connectivity index (χ0n) is 13.8. The first-order valence-electron chi connectivity index (χ1n) is 7.95. The van der Waals surface area contributed by atoms with Gasteiger partial charge in [-0.2, -0.15) is 0 Å². The molecule has 0 saturated heterocycles. The molecule has 118 valence electrons. The Bertz CT molecular complexity index is 468. The maximum Gasteiger partial charge on any atom is 0.124 e. The zero-order valence-corrected chi connectivity index (χ0v) is 13.8. The van der Waals surface area contributed by atoms with E-state index >= 15 is 0 Å². The van der Waals surface area contributed by atoms with Gasteiger partial charge in [0.25, 0.3) is 0 Å². The lowest BCUT2D eigenvalue weighted by molar-refractivity contribution is 0.0634. The highest BCUT2D eigenvalue weighted by Crippen LogP contribution is 2.39. The lowest BCUT2D eigenvalue weighted by Gasteiger charge is -2.39. The molecule has 1 heterocycles. The van der Waals surface area contributed by atoms with Gasteiger partial charge in [0.1, 0.15) is 11.4 Å². The van der Waals surface area contributed by atoms with Crippen molar-refractivity contribution in [3.05, 3.63) is 29.8 Å². The Balaban J connectivity index is 2.06. The number of nitrogens with one attached hydrogen (secondary N) is 1. The van der Waals surface area contributed by atoms with Crippen LogP contribution in [-0.4, -0.2) is 23.9 Å². The number of aliphatic hydroxyl groups is 1. The van der Waals surface area contributed by atoms with Crippen LogP contribution in [0.5, 0.6) is 5.75 Å². The van der Waals surface area contributed by atoms with Gasteiger partial charge in [-0.05, 0) is 38.2 Å². The Labute approximate surface area is 128 Å². The normalized spacial score (nSPS) is 20.7. The van der Waals surface area contributed by atoms with Crippen LogP contribution < -0.4 is 10.1 Å². The van der Waals surface area contributed by atoms with Gasteiger partial charge in [0.05, 0.1) is 0 Å². The molecule has 1 unspecified atom stereocenters. The number of ether oxygens (including phenoxy) is 1. The molecular formula is C18H29NO2. The van der Waals surface area contributed by atoms with Crippen LogP contribution in [0.2, 0.25) is 0 Å². The molecule has 1 aliphatic heterocycles. The third-order valence-electron chi connectivity index (χ3n) is 4.22. The van der Waals surface area contributed by atoms with Gasteiger partial charge >= 0.3 is 0 Å². The Hall–Kier alpha value is -1.06. The average molecular weight is 291 g/mol. The molecule has 0 saturated carbocycles. The standard InChI is InChI=1S/C18H29NO2/c1-17(2,10-7-11-20)13-19-15-12-18(3,4)21-16-9-6-5-8-14(15)16/h5-6,8-9,15,19-20H,7,10-13H2,1-4H3. The highest BCUT2D eigenvalue weighted by Gasteiger charge is 2.34. The quantitative estimate of drug-likeness (QED) is 0.840. The predicted molar refractivity (Wildman–Crippen MR) is 86.6 cm³/mol. The largest absolute Gasteiger partial charge is 0.487 e. The van der Waals surface area contributed by atoms with Gasteiger partial charge < -0.3 is 15.2 Å². The van der Waals surface area contributed by atoms with Gasteiger partial charge in [0, 0.05) is 31.2 Å². The van der Waals surface area contributed by atoms with Crippen LogP contribution in [0.3, 0.4) is 0 Å². The summed E-state index contributed by atoms with van der Waals surface area (Å²) in [6.45, 7) is 10.0. The second-order valence-electron chi connectivity index (χ2n) is 7.53. The summed E-state index contributed by atoms with van der Waals surface area (Å²) in [7, 11) is 0. The van der Waals surface area contributed by atoms with Crippen molar-refractivity contribution < 1.29 is 9.84 Å². The van der Waals surface area contributed by atoms with E-state index in [1.807, 2.05) is 6.07 Å². The van der Waals surface area contributed by atoms with Gasteiger partial charge in [0.15, 0.2) is 0 Å². The molecule has 0 aromatic heterocycles. The van der Waals surface area contributed by atoms with E-state index in [2.05, 4.69) is 51.2 Å². The molecule has 3 heteroatoms. The van der Waals surface area contributed by atoms with Crippen LogP contribution >= 0.6 is 0 Å². The number of hydrogen-bond acceptors (Lipinski definition) is 3. The molecule has 1 atom stereocenters. The Morgan fingerprint density at radius 3 is 2.76 bits per heavy atom. The highest BCUT2D eigenvalue weighted by molar-refractivity contribution is 5.38. The third-order valence-corrected chi connectivity index (χ3v) is 4.22. The van der Waals surface area contributed by atoms with Crippen LogP contribution in [0.25, 0.3) is 0 Å². The van der Waals surface area contributed by atoms with Gasteiger partial charge in [-0.15, -0.1) is 0 Å². The minimum absolute atomic E-state index is 0.138. The third kappa shape index (κ3) is 4.45. The highest BCUT2D eigenvalue weighted by atomic mass is 16.5. The topological polar surface area (TPSA) is 41.5 Å². The van der Waals surface area contributed by atoms with Crippen molar-refractivity contribution in [2.24, 2.45) is 5.41 Å². The number of aliphatic hydroxyl groups excluding tert-OH is 1. The minimum Gasteiger partial charge on any atom is -0.487 e. The first-order chi connectivity index (χ1) is 9.83. The molecule has 1 aliphatic rings. The molecule has 0 spiro atoms. The van der Waals surface area contributed by atoms with E-state index in [1.165, 1.54) is 5.56 Å². The van der Waals surface area contributed by atoms with Crippen molar-refractivity contribution >= 4 is 0 Å². The van der Waals surface area contributed by atoms with Crippen molar-refractivity contribution in [3.63, 3.8) is 0 Å². The van der Waals surface area contributed by atoms with Gasteiger partial charge in [-0.25, -0.2) is 0 Å². The van der Waals surface area contributed by atoms with Crippen molar-refractivity contribution in [3.8, 4) is 5.75 Å². The van der Waals surface area contributed by atoms with Crippen LogP contribution in [0.15, 0.2) is 24.3 Å². The fourth-order valence-corrected chi connectivity index (χ4v) is 3.03. The number of hydrogen-bond donors (Lipinski definition) is 2. The second-order valence-corrected chi connectivity index (χ2v) is 7.53. The summed E-state index contributed by atoms with van der Waals surface area (Å²) >= 11 is 0. The van der Waals surface area contributed by atoms with Crippen LogP contribution in [0.1, 0.15) is 58.6 Å². The number of rotatable bonds is 6. The molecule has 0 fully saturated rings. The molecular weight excluding hydrogens is 262 g/mol. The summed E-state index contributed by atoms with van der Waals surface area (Å²) in [5.41, 5.74) is 1.32. The van der Waals surface area contributed by atoms with Crippen molar-refractivity contribution in [1.29, 1.82) is 0 Å². The number of benzene rings is 1. The van der Waals surface area contributed by atoms with Crippen LogP contribution in [-0.2, 0) is 0 Å².